The molecule has 2 saturated heterocycles. The fourth-order valence-corrected chi connectivity index (χ4v) is 5.44. The maximum atomic E-state index is 14.0. The molecular weight excluding hydrogens is 475 g/mol. The third kappa shape index (κ3) is 3.33. The van der Waals surface area contributed by atoms with Crippen LogP contribution in [0, 0.1) is 11.8 Å². The molecule has 0 unspecified atom stereocenters. The van der Waals surface area contributed by atoms with Crippen molar-refractivity contribution >= 4 is 46.7 Å². The standard InChI is InChI=1S/C26H20Cl2N2O4/c1-34-25(33)22-20-21(24(32)30(23(20)31)19-5-3-2-4-6-19)26(29-22,15-7-11-17(27)12-8-15)16-9-13-18(28)14-10-16/h2-14,20-22,29H,1H3/t20-,21-,22+/m0/s1. The zero-order valence-electron chi connectivity index (χ0n) is 18.1. The highest BCUT2D eigenvalue weighted by Gasteiger charge is 2.68. The van der Waals surface area contributed by atoms with E-state index in [1.54, 1.807) is 78.9 Å². The molecule has 172 valence electrons. The molecule has 0 spiro atoms. The number of amides is 2. The summed E-state index contributed by atoms with van der Waals surface area (Å²) in [4.78, 5) is 41.8. The molecule has 3 aromatic carbocycles. The van der Waals surface area contributed by atoms with Crippen LogP contribution in [-0.2, 0) is 24.7 Å². The zero-order chi connectivity index (χ0) is 24.0. The molecule has 8 heteroatoms. The molecule has 6 nitrogen and oxygen atoms in total. The van der Waals surface area contributed by atoms with Crippen LogP contribution < -0.4 is 10.2 Å². The first-order chi connectivity index (χ1) is 16.4. The molecule has 2 fully saturated rings. The predicted octanol–water partition coefficient (Wildman–Crippen LogP) is 4.19. The van der Waals surface area contributed by atoms with E-state index in [0.29, 0.717) is 26.9 Å². The van der Waals surface area contributed by atoms with Gasteiger partial charge in [0, 0.05) is 10.0 Å². The van der Waals surface area contributed by atoms with E-state index < -0.39 is 41.2 Å². The van der Waals surface area contributed by atoms with Crippen LogP contribution in [0.1, 0.15) is 11.1 Å². The molecule has 3 atom stereocenters. The van der Waals surface area contributed by atoms with Crippen LogP contribution in [0.5, 0.6) is 0 Å². The minimum absolute atomic E-state index is 0.398. The number of anilines is 1. The molecule has 0 aliphatic carbocycles. The van der Waals surface area contributed by atoms with Crippen LogP contribution in [0.15, 0.2) is 78.9 Å². The van der Waals surface area contributed by atoms with Gasteiger partial charge in [-0.1, -0.05) is 65.7 Å². The average Bonchev–Trinajstić information content (AvgIpc) is 3.34. The average molecular weight is 495 g/mol. The Labute approximate surface area is 206 Å². The lowest BCUT2D eigenvalue weighted by molar-refractivity contribution is -0.145. The number of hydrogen-bond donors (Lipinski definition) is 1. The SMILES string of the molecule is COC(=O)[C@@H]1NC(c2ccc(Cl)cc2)(c2ccc(Cl)cc2)[C@@H]2C(=O)N(c3ccccc3)C(=O)[C@@H]21. The van der Waals surface area contributed by atoms with Crippen LogP contribution in [0.4, 0.5) is 5.69 Å². The summed E-state index contributed by atoms with van der Waals surface area (Å²) in [5.74, 6) is -3.34. The van der Waals surface area contributed by atoms with E-state index in [2.05, 4.69) is 5.32 Å². The molecule has 0 bridgehead atoms. The first-order valence-corrected chi connectivity index (χ1v) is 11.4. The second-order valence-electron chi connectivity index (χ2n) is 8.32. The molecule has 0 radical (unpaired) electrons. The number of carbonyl (C=O) groups is 3. The summed E-state index contributed by atoms with van der Waals surface area (Å²) in [6.07, 6.45) is 0. The van der Waals surface area contributed by atoms with E-state index in [1.165, 1.54) is 12.0 Å². The Bertz CT molecular complexity index is 1220. The van der Waals surface area contributed by atoms with Gasteiger partial charge in [-0.25, -0.2) is 4.90 Å². The predicted molar refractivity (Wildman–Crippen MR) is 129 cm³/mol. The number of nitrogens with zero attached hydrogens (tertiary/aromatic N) is 1. The Kier molecular flexibility index (Phi) is 5.68. The number of nitrogens with one attached hydrogen (secondary N) is 1. The summed E-state index contributed by atoms with van der Waals surface area (Å²) in [5, 5.41) is 4.38. The molecule has 34 heavy (non-hydrogen) atoms. The van der Waals surface area contributed by atoms with Crippen molar-refractivity contribution in [2.45, 2.75) is 11.6 Å². The van der Waals surface area contributed by atoms with Gasteiger partial charge >= 0.3 is 5.97 Å². The quantitative estimate of drug-likeness (QED) is 0.434. The van der Waals surface area contributed by atoms with Gasteiger partial charge in [-0.05, 0) is 47.5 Å². The van der Waals surface area contributed by atoms with Crippen molar-refractivity contribution < 1.29 is 19.1 Å². The second kappa shape index (κ2) is 8.55. The molecule has 0 aromatic heterocycles. The lowest BCUT2D eigenvalue weighted by atomic mass is 9.72. The summed E-state index contributed by atoms with van der Waals surface area (Å²) < 4.78 is 5.04. The highest BCUT2D eigenvalue weighted by Crippen LogP contribution is 2.52. The summed E-state index contributed by atoms with van der Waals surface area (Å²) in [6, 6.07) is 21.7. The Hall–Kier alpha value is -3.19. The highest BCUT2D eigenvalue weighted by molar-refractivity contribution is 6.31. The Morgan fingerprint density at radius 1 is 0.853 bits per heavy atom. The van der Waals surface area contributed by atoms with Crippen molar-refractivity contribution in [3.63, 3.8) is 0 Å². The number of fused-ring (bicyclic) bond motifs is 1. The number of rotatable bonds is 4. The largest absolute Gasteiger partial charge is 0.468 e. The molecule has 2 aliphatic rings. The molecular formula is C26H20Cl2N2O4. The topological polar surface area (TPSA) is 75.7 Å². The van der Waals surface area contributed by atoms with E-state index in [4.69, 9.17) is 27.9 Å². The second-order valence-corrected chi connectivity index (χ2v) is 9.19. The van der Waals surface area contributed by atoms with E-state index in [-0.39, 0.29) is 0 Å². The number of halogens is 2. The van der Waals surface area contributed by atoms with Gasteiger partial charge in [0.05, 0.1) is 30.2 Å². The van der Waals surface area contributed by atoms with Gasteiger partial charge in [0.2, 0.25) is 11.8 Å². The monoisotopic (exact) mass is 494 g/mol. The molecule has 2 heterocycles. The van der Waals surface area contributed by atoms with Crippen molar-refractivity contribution in [1.29, 1.82) is 0 Å². The van der Waals surface area contributed by atoms with Crippen LogP contribution in [-0.4, -0.2) is 30.9 Å². The minimum Gasteiger partial charge on any atom is -0.468 e. The number of ether oxygens (including phenoxy) is 1. The third-order valence-electron chi connectivity index (χ3n) is 6.63. The lowest BCUT2D eigenvalue weighted by Crippen LogP contribution is -2.51. The summed E-state index contributed by atoms with van der Waals surface area (Å²) in [5.41, 5.74) is 0.639. The van der Waals surface area contributed by atoms with Crippen LogP contribution in [0.3, 0.4) is 0 Å². The van der Waals surface area contributed by atoms with Crippen molar-refractivity contribution in [2.24, 2.45) is 11.8 Å². The van der Waals surface area contributed by atoms with Gasteiger partial charge in [0.15, 0.2) is 0 Å². The molecule has 2 aliphatic heterocycles. The minimum atomic E-state index is -1.20. The first kappa shape index (κ1) is 22.6. The molecule has 2 amide bonds. The number of methoxy groups -OCH3 is 1. The molecule has 0 saturated carbocycles. The number of imide groups is 1. The zero-order valence-corrected chi connectivity index (χ0v) is 19.6. The Morgan fingerprint density at radius 2 is 1.38 bits per heavy atom. The van der Waals surface area contributed by atoms with Gasteiger partial charge in [0.25, 0.3) is 0 Å². The number of benzene rings is 3. The maximum Gasteiger partial charge on any atom is 0.323 e. The van der Waals surface area contributed by atoms with Gasteiger partial charge in [-0.2, -0.15) is 0 Å². The van der Waals surface area contributed by atoms with Gasteiger partial charge in [0.1, 0.15) is 6.04 Å². The Morgan fingerprint density at radius 3 is 1.88 bits per heavy atom. The third-order valence-corrected chi connectivity index (χ3v) is 7.13. The summed E-state index contributed by atoms with van der Waals surface area (Å²) in [6.45, 7) is 0. The lowest BCUT2D eigenvalue weighted by Gasteiger charge is -2.36. The highest BCUT2D eigenvalue weighted by atomic mass is 35.5. The van der Waals surface area contributed by atoms with E-state index in [0.717, 1.165) is 0 Å². The van der Waals surface area contributed by atoms with Gasteiger partial charge < -0.3 is 4.74 Å². The Balaban J connectivity index is 1.76. The first-order valence-electron chi connectivity index (χ1n) is 10.7. The normalized spacial score (nSPS) is 23.1. The number of para-hydroxylation sites is 1. The smallest absolute Gasteiger partial charge is 0.323 e. The van der Waals surface area contributed by atoms with Gasteiger partial charge in [-0.15, -0.1) is 0 Å². The summed E-state index contributed by atoms with van der Waals surface area (Å²) in [7, 11) is 1.26. The fraction of sp³-hybridized carbons (Fsp3) is 0.192. The van der Waals surface area contributed by atoms with Crippen molar-refractivity contribution in [3.8, 4) is 0 Å². The summed E-state index contributed by atoms with van der Waals surface area (Å²) >= 11 is 12.3. The van der Waals surface area contributed by atoms with E-state index in [1.807, 2.05) is 0 Å². The molecule has 5 rings (SSSR count). The van der Waals surface area contributed by atoms with Crippen molar-refractivity contribution in [3.05, 3.63) is 100 Å². The van der Waals surface area contributed by atoms with E-state index >= 15 is 0 Å². The molecule has 1 N–H and O–H groups in total. The van der Waals surface area contributed by atoms with Gasteiger partial charge in [-0.3, -0.25) is 19.7 Å². The fourth-order valence-electron chi connectivity index (χ4n) is 5.19. The number of hydrogen-bond acceptors (Lipinski definition) is 5. The van der Waals surface area contributed by atoms with E-state index in [9.17, 15) is 14.4 Å². The maximum absolute atomic E-state index is 14.0. The van der Waals surface area contributed by atoms with Crippen LogP contribution >= 0.6 is 23.2 Å². The molecule has 3 aromatic rings. The van der Waals surface area contributed by atoms with Crippen molar-refractivity contribution in [2.75, 3.05) is 12.0 Å². The van der Waals surface area contributed by atoms with Crippen LogP contribution in [0.2, 0.25) is 10.0 Å². The number of esters is 1. The van der Waals surface area contributed by atoms with Crippen molar-refractivity contribution in [1.82, 2.24) is 5.32 Å². The number of carbonyl (C=O) groups excluding carboxylic acids is 3. The van der Waals surface area contributed by atoms with Crippen LogP contribution in [0.25, 0.3) is 0 Å².